The summed E-state index contributed by atoms with van der Waals surface area (Å²) in [6.07, 6.45) is 0. The zero-order valence-electron chi connectivity index (χ0n) is 1.00. The fourth-order valence-corrected chi connectivity index (χ4v) is 0. The Hall–Kier alpha value is 3.30. The molecule has 0 aliphatic rings. The van der Waals surface area contributed by atoms with Crippen LogP contribution in [0.4, 0.5) is 0 Å². The molecule has 0 atom stereocenters. The minimum atomic E-state index is 0. The molecule has 4 heteroatoms. The van der Waals surface area contributed by atoms with Gasteiger partial charge in [-0.05, 0) is 0 Å². The summed E-state index contributed by atoms with van der Waals surface area (Å²) < 4.78 is 0. The third kappa shape index (κ3) is 9.00. The van der Waals surface area contributed by atoms with Crippen molar-refractivity contribution >= 4 is 56.8 Å². The topological polar surface area (TPSA) is 0 Å². The summed E-state index contributed by atoms with van der Waals surface area (Å²) >= 11 is 0. The molecule has 4 heavy (non-hydrogen) atoms. The molecule has 0 aromatic carbocycles. The molecule has 0 amide bonds. The zero-order valence-corrected chi connectivity index (χ0v) is 4.12. The van der Waals surface area contributed by atoms with Crippen molar-refractivity contribution in [2.45, 2.75) is 0 Å². The molecule has 0 aromatic heterocycles. The molecule has 0 saturated carbocycles. The standard InChI is InChI=1S/BH4.K.Li.Na.2H/h1H4;;;;;/q-1;+1;;;;. The molecule has 0 rings (SSSR count). The van der Waals surface area contributed by atoms with Crippen LogP contribution in [0.1, 0.15) is 0 Å². The molecule has 0 N–H and O–H groups in total. The predicted octanol–water partition coefficient (Wildman–Crippen LogP) is -5.74. The van der Waals surface area contributed by atoms with Crippen molar-refractivity contribution in [3.8, 4) is 0 Å². The van der Waals surface area contributed by atoms with Crippen LogP contribution < -0.4 is 51.4 Å². The average Bonchev–Trinajstić information content (AvgIpc) is 0. The number of rotatable bonds is 0. The van der Waals surface area contributed by atoms with E-state index in [1.165, 1.54) is 0 Å². The molecule has 0 saturated heterocycles. The first-order chi connectivity index (χ1) is 0. The number of hydrogen-bond acceptors (Lipinski definition) is 0. The van der Waals surface area contributed by atoms with E-state index in [-0.39, 0.29) is 108 Å². The van der Waals surface area contributed by atoms with E-state index in [9.17, 15) is 0 Å². The zero-order chi connectivity index (χ0) is 0. The first-order valence-electron chi connectivity index (χ1n) is 0. The molecule has 0 radical (unpaired) electrons. The van der Waals surface area contributed by atoms with Gasteiger partial charge in [0.25, 0.3) is 0 Å². The Morgan fingerprint density at radius 2 is 1.00 bits per heavy atom. The first kappa shape index (κ1) is 26.6. The van der Waals surface area contributed by atoms with E-state index in [0.717, 1.165) is 0 Å². The Morgan fingerprint density at radius 1 is 1.00 bits per heavy atom. The molecular weight excluding hydrogens is 79.8 g/mol. The Morgan fingerprint density at radius 3 is 1.00 bits per heavy atom. The van der Waals surface area contributed by atoms with Gasteiger partial charge >= 0.3 is 99.8 Å². The van der Waals surface area contributed by atoms with Gasteiger partial charge in [-0.2, -0.15) is 0 Å². The van der Waals surface area contributed by atoms with Crippen molar-refractivity contribution in [3.05, 3.63) is 0 Å². The van der Waals surface area contributed by atoms with E-state index in [1.807, 2.05) is 0 Å². The second kappa shape index (κ2) is 16.3. The van der Waals surface area contributed by atoms with Crippen molar-refractivity contribution < 1.29 is 51.4 Å². The van der Waals surface area contributed by atoms with Crippen molar-refractivity contribution in [1.29, 1.82) is 0 Å². The van der Waals surface area contributed by atoms with Crippen LogP contribution >= 0.6 is 0 Å². The monoisotopic (exact) mass is 86.0 g/mol. The van der Waals surface area contributed by atoms with Gasteiger partial charge < -0.3 is 0 Å². The van der Waals surface area contributed by atoms with E-state index in [4.69, 9.17) is 0 Å². The predicted molar refractivity (Wildman–Crippen MR) is 25.6 cm³/mol. The maximum atomic E-state index is 0. The molecule has 0 aliphatic heterocycles. The van der Waals surface area contributed by atoms with Crippen LogP contribution in [-0.2, 0) is 0 Å². The average molecular weight is 85.9 g/mol. The van der Waals surface area contributed by atoms with Gasteiger partial charge in [-0.3, -0.25) is 0 Å². The van der Waals surface area contributed by atoms with Gasteiger partial charge in [-0.15, -0.1) is 0 Å². The molecule has 0 unspecified atom stereocenters. The van der Waals surface area contributed by atoms with E-state index in [0.29, 0.717) is 0 Å². The van der Waals surface area contributed by atoms with Gasteiger partial charge in [-0.25, -0.2) is 0 Å². The van der Waals surface area contributed by atoms with Gasteiger partial charge in [0.1, 0.15) is 0 Å². The van der Waals surface area contributed by atoms with Crippen LogP contribution in [-0.4, -0.2) is 56.8 Å². The van der Waals surface area contributed by atoms with Crippen LogP contribution in [0.5, 0.6) is 0 Å². The van der Waals surface area contributed by atoms with Gasteiger partial charge in [0.15, 0.2) is 0 Å². The molecule has 0 nitrogen and oxygen atoms in total. The van der Waals surface area contributed by atoms with E-state index >= 15 is 0 Å². The van der Waals surface area contributed by atoms with Crippen LogP contribution in [0.25, 0.3) is 0 Å². The van der Waals surface area contributed by atoms with E-state index < -0.39 is 0 Å². The summed E-state index contributed by atoms with van der Waals surface area (Å²) in [5.74, 6) is 0. The SMILES string of the molecule is [BH4-].[K+].[LiH].[NaH]. The van der Waals surface area contributed by atoms with E-state index in [2.05, 4.69) is 0 Å². The normalized spacial score (nSPS) is 0. The second-order valence-corrected chi connectivity index (χ2v) is 0. The van der Waals surface area contributed by atoms with Crippen molar-refractivity contribution in [2.24, 2.45) is 0 Å². The molecule has 0 bridgehead atoms. The first-order valence-corrected chi connectivity index (χ1v) is 0. The molecule has 0 fully saturated rings. The number of hydrogen-bond donors (Lipinski definition) is 0. The fraction of sp³-hybridized carbons (Fsp3) is 0. The Balaban J connectivity index is 0. The summed E-state index contributed by atoms with van der Waals surface area (Å²) in [5.41, 5.74) is 0. The third-order valence-electron chi connectivity index (χ3n) is 0. The summed E-state index contributed by atoms with van der Waals surface area (Å²) in [5, 5.41) is 0. The third-order valence-corrected chi connectivity index (χ3v) is 0. The fourth-order valence-electron chi connectivity index (χ4n) is 0. The van der Waals surface area contributed by atoms with Crippen LogP contribution in [0.15, 0.2) is 0 Å². The van der Waals surface area contributed by atoms with Crippen LogP contribution in [0, 0.1) is 0 Å². The van der Waals surface area contributed by atoms with E-state index in [1.54, 1.807) is 0 Å². The quantitative estimate of drug-likeness (QED) is 0.258. The van der Waals surface area contributed by atoms with Gasteiger partial charge in [0.2, 0.25) is 0 Å². The molecule has 0 heterocycles. The second-order valence-electron chi connectivity index (χ2n) is 0. The molecule has 0 aliphatic carbocycles. The van der Waals surface area contributed by atoms with Gasteiger partial charge in [0, 0.05) is 0 Å². The van der Waals surface area contributed by atoms with Crippen LogP contribution in [0.3, 0.4) is 0 Å². The molecule has 0 aromatic rings. The van der Waals surface area contributed by atoms with Crippen molar-refractivity contribution in [3.63, 3.8) is 0 Å². The molecule has 12 valence electrons. The summed E-state index contributed by atoms with van der Waals surface area (Å²) in [6.45, 7) is 0. The summed E-state index contributed by atoms with van der Waals surface area (Å²) in [6, 6.07) is 0. The van der Waals surface area contributed by atoms with Gasteiger partial charge in [-0.1, -0.05) is 8.41 Å². The van der Waals surface area contributed by atoms with Crippen molar-refractivity contribution in [1.82, 2.24) is 0 Å². The summed E-state index contributed by atoms with van der Waals surface area (Å²) in [4.78, 5) is 0. The molecule has 0 spiro atoms. The minimum absolute atomic E-state index is 0. The maximum absolute atomic E-state index is 0. The van der Waals surface area contributed by atoms with Crippen molar-refractivity contribution in [2.75, 3.05) is 0 Å². The molecular formula is H6BKLiNa. The Bertz CT molecular complexity index is 8.00. The van der Waals surface area contributed by atoms with Crippen LogP contribution in [0.2, 0.25) is 0 Å². The Labute approximate surface area is 105 Å². The summed E-state index contributed by atoms with van der Waals surface area (Å²) in [7, 11) is 0. The Kier molecular flexibility index (Phi) is 108. The van der Waals surface area contributed by atoms with Gasteiger partial charge in [0.05, 0.1) is 0 Å².